The first-order valence-corrected chi connectivity index (χ1v) is 12.9. The maximum Gasteiger partial charge on any atom is 0.250 e. The number of anilines is 1. The average Bonchev–Trinajstić information content (AvgIpc) is 3.47. The van der Waals surface area contributed by atoms with E-state index >= 15 is 4.39 Å². The molecular formula is C28H24Cl2FN3O3. The number of hydrogen-bond acceptors (Lipinski definition) is 4. The molecule has 0 saturated carbocycles. The highest BCUT2D eigenvalue weighted by molar-refractivity contribution is 6.31. The van der Waals surface area contributed by atoms with Crippen molar-refractivity contribution in [2.24, 2.45) is 5.92 Å². The number of nitrogens with zero attached hydrogens (tertiary/aromatic N) is 1. The van der Waals surface area contributed by atoms with E-state index in [1.807, 2.05) is 36.1 Å². The summed E-state index contributed by atoms with van der Waals surface area (Å²) in [5.41, 5.74) is 1.00. The molecule has 2 saturated heterocycles. The molecule has 1 spiro atoms. The van der Waals surface area contributed by atoms with Crippen LogP contribution in [-0.2, 0) is 21.7 Å². The number of likely N-dealkylation sites (tertiary alicyclic amines) is 1. The average molecular weight is 540 g/mol. The summed E-state index contributed by atoms with van der Waals surface area (Å²) in [4.78, 5) is 29.5. The molecule has 0 radical (unpaired) electrons. The van der Waals surface area contributed by atoms with E-state index in [-0.39, 0.29) is 28.4 Å². The summed E-state index contributed by atoms with van der Waals surface area (Å²) >= 11 is 12.5. The number of benzene rings is 3. The molecule has 4 atom stereocenters. The molecule has 0 aliphatic carbocycles. The lowest BCUT2D eigenvalue weighted by Gasteiger charge is -2.40. The Hall–Kier alpha value is -3.13. The van der Waals surface area contributed by atoms with Crippen LogP contribution in [0, 0.1) is 11.7 Å². The van der Waals surface area contributed by atoms with E-state index in [2.05, 4.69) is 10.6 Å². The van der Waals surface area contributed by atoms with E-state index in [1.165, 1.54) is 6.07 Å². The van der Waals surface area contributed by atoms with Crippen LogP contribution in [0.2, 0.25) is 10.0 Å². The summed E-state index contributed by atoms with van der Waals surface area (Å²) in [5, 5.41) is 6.33. The predicted octanol–water partition coefficient (Wildman–Crippen LogP) is 5.09. The van der Waals surface area contributed by atoms with E-state index in [0.29, 0.717) is 41.7 Å². The first kappa shape index (κ1) is 24.2. The SMILES string of the molecule is CCOc1cccc(CN2[C@H]3CNC(=O)[C@H]3[C@H](c3cccc(Cl)c3F)[C@]23C(=O)Nc2cc(Cl)ccc23)c1. The zero-order valence-corrected chi connectivity index (χ0v) is 21.4. The molecule has 6 rings (SSSR count). The largest absolute Gasteiger partial charge is 0.494 e. The van der Waals surface area contributed by atoms with Crippen molar-refractivity contribution in [3.63, 3.8) is 0 Å². The number of carbonyl (C=O) groups is 2. The first-order chi connectivity index (χ1) is 17.9. The molecule has 0 aromatic heterocycles. The fraction of sp³-hybridized carbons (Fsp3) is 0.286. The normalized spacial score (nSPS) is 26.2. The molecule has 3 aliphatic heterocycles. The molecule has 0 bridgehead atoms. The van der Waals surface area contributed by atoms with Crippen molar-refractivity contribution in [1.82, 2.24) is 10.2 Å². The molecule has 3 aliphatic rings. The number of hydrogen-bond donors (Lipinski definition) is 2. The Morgan fingerprint density at radius 1 is 1.11 bits per heavy atom. The predicted molar refractivity (Wildman–Crippen MR) is 139 cm³/mol. The van der Waals surface area contributed by atoms with Gasteiger partial charge in [0.25, 0.3) is 0 Å². The number of rotatable bonds is 5. The highest BCUT2D eigenvalue weighted by atomic mass is 35.5. The van der Waals surface area contributed by atoms with Gasteiger partial charge in [0.15, 0.2) is 0 Å². The van der Waals surface area contributed by atoms with Crippen LogP contribution in [0.4, 0.5) is 10.1 Å². The minimum absolute atomic E-state index is 0.0554. The molecule has 2 amide bonds. The van der Waals surface area contributed by atoms with Gasteiger partial charge in [0, 0.05) is 41.3 Å². The molecule has 0 unspecified atom stereocenters. The molecule has 3 aromatic rings. The van der Waals surface area contributed by atoms with Crippen molar-refractivity contribution in [2.75, 3.05) is 18.5 Å². The monoisotopic (exact) mass is 539 g/mol. The highest BCUT2D eigenvalue weighted by Crippen LogP contribution is 2.61. The molecule has 3 heterocycles. The van der Waals surface area contributed by atoms with Crippen LogP contribution in [0.5, 0.6) is 5.75 Å². The van der Waals surface area contributed by atoms with Gasteiger partial charge >= 0.3 is 0 Å². The van der Waals surface area contributed by atoms with Gasteiger partial charge in [0.2, 0.25) is 11.8 Å². The van der Waals surface area contributed by atoms with Crippen LogP contribution in [-0.4, -0.2) is 35.9 Å². The van der Waals surface area contributed by atoms with Crippen LogP contribution in [0.15, 0.2) is 60.7 Å². The number of ether oxygens (including phenoxy) is 1. The van der Waals surface area contributed by atoms with E-state index in [4.69, 9.17) is 27.9 Å². The quantitative estimate of drug-likeness (QED) is 0.473. The van der Waals surface area contributed by atoms with Crippen molar-refractivity contribution in [1.29, 1.82) is 0 Å². The maximum absolute atomic E-state index is 15.7. The van der Waals surface area contributed by atoms with Crippen LogP contribution < -0.4 is 15.4 Å². The van der Waals surface area contributed by atoms with Gasteiger partial charge < -0.3 is 15.4 Å². The zero-order chi connectivity index (χ0) is 25.9. The summed E-state index contributed by atoms with van der Waals surface area (Å²) in [6, 6.07) is 17.2. The fourth-order valence-corrected chi connectivity index (χ4v) is 6.76. The van der Waals surface area contributed by atoms with Gasteiger partial charge in [-0.25, -0.2) is 4.39 Å². The van der Waals surface area contributed by atoms with Crippen molar-refractivity contribution in [3.05, 3.63) is 93.2 Å². The van der Waals surface area contributed by atoms with E-state index in [0.717, 1.165) is 5.56 Å². The van der Waals surface area contributed by atoms with Crippen LogP contribution in [0.25, 0.3) is 0 Å². The van der Waals surface area contributed by atoms with Crippen molar-refractivity contribution < 1.29 is 18.7 Å². The Labute approximate surface area is 223 Å². The second kappa shape index (κ2) is 9.01. The lowest BCUT2D eigenvalue weighted by Crippen LogP contribution is -2.53. The van der Waals surface area contributed by atoms with Crippen LogP contribution >= 0.6 is 23.2 Å². The lowest BCUT2D eigenvalue weighted by atomic mass is 9.71. The number of halogens is 3. The summed E-state index contributed by atoms with van der Waals surface area (Å²) in [6.07, 6.45) is 0. The summed E-state index contributed by atoms with van der Waals surface area (Å²) in [5.74, 6) is -1.94. The van der Waals surface area contributed by atoms with Gasteiger partial charge in [-0.1, -0.05) is 53.5 Å². The van der Waals surface area contributed by atoms with Gasteiger partial charge in [0.05, 0.1) is 17.5 Å². The standard InChI is InChI=1S/C28H24Cl2FN3O3/c1-2-37-17-6-3-5-15(11-17)14-34-22-13-32-26(35)23(22)24(18-7-4-8-20(30)25(18)31)28(34)19-10-9-16(29)12-21(19)33-27(28)36/h3-12,22-24H,2,13-14H2,1H3,(H,32,35)(H,33,36)/t22-,23+,24-,28+/m0/s1. The Balaban J connectivity index is 1.60. The van der Waals surface area contributed by atoms with Gasteiger partial charge in [-0.15, -0.1) is 0 Å². The smallest absolute Gasteiger partial charge is 0.250 e. The minimum atomic E-state index is -1.36. The Morgan fingerprint density at radius 2 is 1.92 bits per heavy atom. The first-order valence-electron chi connectivity index (χ1n) is 12.2. The molecule has 2 fully saturated rings. The van der Waals surface area contributed by atoms with Gasteiger partial charge in [-0.2, -0.15) is 0 Å². The Bertz CT molecular complexity index is 1430. The summed E-state index contributed by atoms with van der Waals surface area (Å²) in [7, 11) is 0. The van der Waals surface area contributed by atoms with Gasteiger partial charge in [0.1, 0.15) is 17.1 Å². The molecular weight excluding hydrogens is 516 g/mol. The van der Waals surface area contributed by atoms with Crippen molar-refractivity contribution in [3.8, 4) is 5.75 Å². The number of amides is 2. The van der Waals surface area contributed by atoms with Gasteiger partial charge in [-0.05, 0) is 48.4 Å². The number of fused-ring (bicyclic) bond motifs is 3. The molecule has 3 aromatic carbocycles. The number of carbonyl (C=O) groups excluding carboxylic acids is 2. The van der Waals surface area contributed by atoms with Crippen LogP contribution in [0.3, 0.4) is 0 Å². The topological polar surface area (TPSA) is 70.7 Å². The maximum atomic E-state index is 15.7. The number of nitrogens with one attached hydrogen (secondary N) is 2. The van der Waals surface area contributed by atoms with E-state index in [9.17, 15) is 9.59 Å². The van der Waals surface area contributed by atoms with Crippen molar-refractivity contribution >= 4 is 40.7 Å². The van der Waals surface area contributed by atoms with Gasteiger partial charge in [-0.3, -0.25) is 14.5 Å². The molecule has 6 nitrogen and oxygen atoms in total. The Kier molecular flexibility index (Phi) is 5.90. The second-order valence-corrected chi connectivity index (χ2v) is 10.4. The molecule has 190 valence electrons. The zero-order valence-electron chi connectivity index (χ0n) is 19.9. The second-order valence-electron chi connectivity index (χ2n) is 9.58. The third-order valence-corrected chi connectivity index (χ3v) is 8.26. The van der Waals surface area contributed by atoms with Crippen molar-refractivity contribution in [2.45, 2.75) is 31.0 Å². The third-order valence-electron chi connectivity index (χ3n) is 7.73. The van der Waals surface area contributed by atoms with E-state index < -0.39 is 23.2 Å². The molecule has 37 heavy (non-hydrogen) atoms. The fourth-order valence-electron chi connectivity index (χ4n) is 6.41. The van der Waals surface area contributed by atoms with E-state index in [1.54, 1.807) is 30.3 Å². The van der Waals surface area contributed by atoms with Crippen LogP contribution in [0.1, 0.15) is 29.5 Å². The lowest BCUT2D eigenvalue weighted by molar-refractivity contribution is -0.128. The minimum Gasteiger partial charge on any atom is -0.494 e. The molecule has 9 heteroatoms. The summed E-state index contributed by atoms with van der Waals surface area (Å²) < 4.78 is 21.4. The molecule has 2 N–H and O–H groups in total. The third kappa shape index (κ3) is 3.55. The highest BCUT2D eigenvalue weighted by Gasteiger charge is 2.69. The summed E-state index contributed by atoms with van der Waals surface area (Å²) in [6.45, 7) is 3.11. The Morgan fingerprint density at radius 3 is 2.73 bits per heavy atom.